The lowest BCUT2D eigenvalue weighted by Gasteiger charge is -2.10. The highest BCUT2D eigenvalue weighted by Crippen LogP contribution is 2.18. The number of nitrogens with two attached hydrogens (primary N) is 1. The van der Waals surface area contributed by atoms with Crippen LogP contribution in [0.1, 0.15) is 25.8 Å². The zero-order valence-electron chi connectivity index (χ0n) is 10.1. The van der Waals surface area contributed by atoms with Crippen LogP contribution in [-0.4, -0.2) is 14.2 Å². The fourth-order valence-corrected chi connectivity index (χ4v) is 3.48. The molecule has 0 spiro atoms. The normalized spacial score (nSPS) is 13.6. The van der Waals surface area contributed by atoms with E-state index in [1.165, 1.54) is 12.1 Å². The zero-order chi connectivity index (χ0) is 13.1. The molecule has 0 aliphatic carbocycles. The third-order valence-electron chi connectivity index (χ3n) is 2.72. The van der Waals surface area contributed by atoms with Gasteiger partial charge in [0.2, 0.25) is 0 Å². The van der Waals surface area contributed by atoms with E-state index >= 15 is 0 Å². The molecule has 5 heteroatoms. The van der Waals surface area contributed by atoms with Crippen molar-refractivity contribution >= 4 is 15.5 Å². The largest absolute Gasteiger partial charge is 0.396 e. The number of hydrogen-bond acceptors (Lipinski definition) is 3. The molecule has 0 aliphatic rings. The molecular weight excluding hydrogens is 241 g/mol. The summed E-state index contributed by atoms with van der Waals surface area (Å²) in [6, 6.07) is 4.44. The minimum atomic E-state index is -3.28. The van der Waals surface area contributed by atoms with Crippen molar-refractivity contribution in [2.75, 3.05) is 11.5 Å². The molecule has 2 N–H and O–H groups in total. The van der Waals surface area contributed by atoms with Crippen LogP contribution in [0.5, 0.6) is 0 Å². The molecule has 3 nitrogen and oxygen atoms in total. The summed E-state index contributed by atoms with van der Waals surface area (Å²) in [7, 11) is -3.28. The van der Waals surface area contributed by atoms with E-state index in [-0.39, 0.29) is 28.7 Å². The van der Waals surface area contributed by atoms with Crippen LogP contribution in [-0.2, 0) is 15.6 Å². The Bertz CT molecular complexity index is 485. The Morgan fingerprint density at radius 1 is 1.41 bits per heavy atom. The molecule has 1 aromatic rings. The highest BCUT2D eigenvalue weighted by molar-refractivity contribution is 7.90. The van der Waals surface area contributed by atoms with Crippen molar-refractivity contribution in [3.8, 4) is 0 Å². The Morgan fingerprint density at radius 2 is 2.06 bits per heavy atom. The van der Waals surface area contributed by atoms with Gasteiger partial charge in [-0.3, -0.25) is 0 Å². The van der Waals surface area contributed by atoms with Crippen molar-refractivity contribution in [2.45, 2.75) is 26.0 Å². The Morgan fingerprint density at radius 3 is 2.65 bits per heavy atom. The van der Waals surface area contributed by atoms with Gasteiger partial charge in [0.25, 0.3) is 0 Å². The molecule has 0 saturated heterocycles. The van der Waals surface area contributed by atoms with Crippen LogP contribution in [0.3, 0.4) is 0 Å². The van der Waals surface area contributed by atoms with Gasteiger partial charge in [0.1, 0.15) is 5.82 Å². The second-order valence-corrected chi connectivity index (χ2v) is 6.50. The summed E-state index contributed by atoms with van der Waals surface area (Å²) >= 11 is 0. The molecule has 0 bridgehead atoms. The van der Waals surface area contributed by atoms with Gasteiger partial charge in [-0.25, -0.2) is 12.8 Å². The molecule has 0 aromatic heterocycles. The number of sulfone groups is 1. The molecule has 17 heavy (non-hydrogen) atoms. The fourth-order valence-electron chi connectivity index (χ4n) is 1.56. The highest BCUT2D eigenvalue weighted by atomic mass is 32.2. The molecule has 0 saturated carbocycles. The second-order valence-electron chi connectivity index (χ2n) is 4.39. The van der Waals surface area contributed by atoms with Gasteiger partial charge in [0.05, 0.1) is 17.2 Å². The summed E-state index contributed by atoms with van der Waals surface area (Å²) in [5.41, 5.74) is 5.53. The van der Waals surface area contributed by atoms with Crippen LogP contribution in [0, 0.1) is 11.7 Å². The lowest BCUT2D eigenvalue weighted by molar-refractivity contribution is 0.560. The van der Waals surface area contributed by atoms with Crippen molar-refractivity contribution in [3.63, 3.8) is 0 Å². The predicted molar refractivity (Wildman–Crippen MR) is 67.8 cm³/mol. The van der Waals surface area contributed by atoms with Crippen LogP contribution in [0.15, 0.2) is 18.2 Å². The average molecular weight is 259 g/mol. The number of rotatable bonds is 5. The Hall–Kier alpha value is -1.10. The molecule has 0 fully saturated rings. The molecule has 0 heterocycles. The van der Waals surface area contributed by atoms with Gasteiger partial charge in [-0.05, 0) is 12.0 Å². The number of hydrogen-bond donors (Lipinski definition) is 1. The zero-order valence-corrected chi connectivity index (χ0v) is 10.9. The van der Waals surface area contributed by atoms with E-state index in [0.717, 1.165) is 6.42 Å². The monoisotopic (exact) mass is 259 g/mol. The first kappa shape index (κ1) is 14.0. The summed E-state index contributed by atoms with van der Waals surface area (Å²) in [6.45, 7) is 3.80. The first-order valence-electron chi connectivity index (χ1n) is 5.59. The van der Waals surface area contributed by atoms with Gasteiger partial charge in [-0.2, -0.15) is 0 Å². The molecule has 0 aliphatic heterocycles. The number of halogens is 1. The van der Waals surface area contributed by atoms with Crippen LogP contribution in [0.4, 0.5) is 10.1 Å². The Labute approximate surface area is 102 Å². The smallest absolute Gasteiger partial charge is 0.154 e. The first-order valence-corrected chi connectivity index (χ1v) is 7.41. The maximum absolute atomic E-state index is 13.6. The number of anilines is 1. The summed E-state index contributed by atoms with van der Waals surface area (Å²) in [5.74, 6) is -0.740. The van der Waals surface area contributed by atoms with E-state index in [1.807, 2.05) is 13.8 Å². The SMILES string of the molecule is CCC(C)CS(=O)(=O)Cc1cccc(N)c1F. The van der Waals surface area contributed by atoms with Gasteiger partial charge in [0, 0.05) is 5.56 Å². The van der Waals surface area contributed by atoms with E-state index in [4.69, 9.17) is 5.73 Å². The maximum Gasteiger partial charge on any atom is 0.154 e. The Kier molecular flexibility index (Phi) is 4.51. The molecule has 1 rings (SSSR count). The van der Waals surface area contributed by atoms with Crippen molar-refractivity contribution in [1.82, 2.24) is 0 Å². The van der Waals surface area contributed by atoms with E-state index in [1.54, 1.807) is 6.07 Å². The third kappa shape index (κ3) is 4.00. The molecular formula is C12H18FNO2S. The number of benzene rings is 1. The minimum Gasteiger partial charge on any atom is -0.396 e. The lowest BCUT2D eigenvalue weighted by Crippen LogP contribution is -2.16. The molecule has 0 radical (unpaired) electrons. The average Bonchev–Trinajstić information content (AvgIpc) is 2.23. The van der Waals surface area contributed by atoms with Gasteiger partial charge in [-0.1, -0.05) is 32.4 Å². The van der Waals surface area contributed by atoms with Crippen molar-refractivity contribution in [1.29, 1.82) is 0 Å². The third-order valence-corrected chi connectivity index (χ3v) is 4.55. The molecule has 1 atom stereocenters. The molecule has 1 unspecified atom stereocenters. The van der Waals surface area contributed by atoms with Gasteiger partial charge in [-0.15, -0.1) is 0 Å². The van der Waals surface area contributed by atoms with Crippen LogP contribution >= 0.6 is 0 Å². The predicted octanol–water partition coefficient (Wildman–Crippen LogP) is 2.37. The molecule has 0 amide bonds. The molecule has 1 aromatic carbocycles. The number of nitrogen functional groups attached to an aromatic ring is 1. The topological polar surface area (TPSA) is 60.2 Å². The summed E-state index contributed by atoms with van der Waals surface area (Å²) in [4.78, 5) is 0. The van der Waals surface area contributed by atoms with E-state index < -0.39 is 15.7 Å². The second kappa shape index (κ2) is 5.49. The van der Waals surface area contributed by atoms with Gasteiger partial charge in [0.15, 0.2) is 9.84 Å². The fraction of sp³-hybridized carbons (Fsp3) is 0.500. The maximum atomic E-state index is 13.6. The van der Waals surface area contributed by atoms with Crippen LogP contribution < -0.4 is 5.73 Å². The first-order chi connectivity index (χ1) is 7.85. The summed E-state index contributed by atoms with van der Waals surface area (Å²) in [6.07, 6.45) is 0.790. The minimum absolute atomic E-state index is 0.0127. The van der Waals surface area contributed by atoms with E-state index in [2.05, 4.69) is 0 Å². The molecule has 96 valence electrons. The van der Waals surface area contributed by atoms with Crippen molar-refractivity contribution < 1.29 is 12.8 Å². The summed E-state index contributed by atoms with van der Waals surface area (Å²) in [5, 5.41) is 0. The van der Waals surface area contributed by atoms with Gasteiger partial charge >= 0.3 is 0 Å². The van der Waals surface area contributed by atoms with Crippen molar-refractivity contribution in [2.24, 2.45) is 5.92 Å². The van der Waals surface area contributed by atoms with E-state index in [9.17, 15) is 12.8 Å². The lowest BCUT2D eigenvalue weighted by atomic mass is 10.2. The van der Waals surface area contributed by atoms with Crippen molar-refractivity contribution in [3.05, 3.63) is 29.6 Å². The standard InChI is InChI=1S/C12H18FNO2S/c1-3-9(2)7-17(15,16)8-10-5-4-6-11(14)12(10)13/h4-6,9H,3,7-8,14H2,1-2H3. The summed E-state index contributed by atoms with van der Waals surface area (Å²) < 4.78 is 37.2. The van der Waals surface area contributed by atoms with Crippen LogP contribution in [0.25, 0.3) is 0 Å². The highest BCUT2D eigenvalue weighted by Gasteiger charge is 2.18. The quantitative estimate of drug-likeness (QED) is 0.826. The Balaban J connectivity index is 2.87. The van der Waals surface area contributed by atoms with Crippen LogP contribution in [0.2, 0.25) is 0 Å². The van der Waals surface area contributed by atoms with Gasteiger partial charge < -0.3 is 5.73 Å². The van der Waals surface area contributed by atoms with E-state index in [0.29, 0.717) is 0 Å².